The van der Waals surface area contributed by atoms with E-state index in [1.54, 1.807) is 0 Å². The van der Waals surface area contributed by atoms with Gasteiger partial charge in [0.1, 0.15) is 6.10 Å². The number of halogens is 1. The number of anilines is 1. The highest BCUT2D eigenvalue weighted by Crippen LogP contribution is 2.27. The quantitative estimate of drug-likeness (QED) is 0.274. The number of carboxylic acid groups (broad SMARTS) is 2. The number of aliphatic carboxylic acids is 2. The van der Waals surface area contributed by atoms with Crippen LogP contribution in [0.4, 0.5) is 5.69 Å². The summed E-state index contributed by atoms with van der Waals surface area (Å²) in [5.74, 6) is -3.65. The van der Waals surface area contributed by atoms with Gasteiger partial charge in [0.05, 0.1) is 0 Å². The van der Waals surface area contributed by atoms with E-state index in [0.29, 0.717) is 0 Å². The molecule has 0 saturated carbocycles. The number of carboxylic acids is 2. The first-order chi connectivity index (χ1) is 18.3. The predicted octanol–water partition coefficient (Wildman–Crippen LogP) is 5.51. The van der Waals surface area contributed by atoms with Crippen LogP contribution in [0.3, 0.4) is 0 Å². The smallest absolute Gasteiger partial charge is 0.414 e. The van der Waals surface area contributed by atoms with Gasteiger partial charge in [-0.1, -0.05) is 66.2 Å². The number of ether oxygens (including phenoxy) is 1. The van der Waals surface area contributed by atoms with Crippen LogP contribution in [0.15, 0.2) is 78.9 Å². The van der Waals surface area contributed by atoms with Crippen LogP contribution in [0.5, 0.6) is 0 Å². The van der Waals surface area contributed by atoms with Gasteiger partial charge in [-0.2, -0.15) is 0 Å². The summed E-state index contributed by atoms with van der Waals surface area (Å²) < 4.78 is 6.36. The molecule has 1 heterocycles. The molecule has 1 atom stereocenters. The predicted molar refractivity (Wildman–Crippen MR) is 150 cm³/mol. The number of piperazine rings is 1. The number of carbonyl (C=O) groups is 2. The lowest BCUT2D eigenvalue weighted by Gasteiger charge is -2.36. The number of unbranched alkanes of at least 4 members (excludes halogenated alkanes) is 1. The second kappa shape index (κ2) is 15.1. The van der Waals surface area contributed by atoms with Crippen molar-refractivity contribution in [1.29, 1.82) is 0 Å². The number of hydrogen-bond donors (Lipinski definition) is 2. The van der Waals surface area contributed by atoms with Crippen molar-refractivity contribution in [1.82, 2.24) is 4.90 Å². The molecule has 2 N–H and O–H groups in total. The number of rotatable bonds is 9. The van der Waals surface area contributed by atoms with Gasteiger partial charge in [-0.15, -0.1) is 0 Å². The van der Waals surface area contributed by atoms with Crippen molar-refractivity contribution in [3.8, 4) is 0 Å². The van der Waals surface area contributed by atoms with Crippen LogP contribution in [0.25, 0.3) is 0 Å². The van der Waals surface area contributed by atoms with Gasteiger partial charge in [-0.25, -0.2) is 9.59 Å². The Morgan fingerprint density at radius 1 is 0.842 bits per heavy atom. The fourth-order valence-corrected chi connectivity index (χ4v) is 4.47. The second-order valence-electron chi connectivity index (χ2n) is 9.20. The molecule has 0 radical (unpaired) electrons. The molecule has 38 heavy (non-hydrogen) atoms. The summed E-state index contributed by atoms with van der Waals surface area (Å²) in [5, 5.41) is 15.5. The zero-order chi connectivity index (χ0) is 27.3. The van der Waals surface area contributed by atoms with Crippen molar-refractivity contribution in [3.63, 3.8) is 0 Å². The van der Waals surface area contributed by atoms with Crippen molar-refractivity contribution < 1.29 is 24.5 Å². The van der Waals surface area contributed by atoms with Gasteiger partial charge in [-0.3, -0.25) is 4.90 Å². The second-order valence-corrected chi connectivity index (χ2v) is 9.63. The SMILES string of the molecule is Cc1cccc(N2CCN(CCCCOC(c3ccccc3)c3ccc(Cl)cc3)CC2)c1.O=C(O)C(=O)O. The molecular weight excluding hydrogens is 504 g/mol. The molecule has 1 saturated heterocycles. The summed E-state index contributed by atoms with van der Waals surface area (Å²) in [5.41, 5.74) is 5.01. The molecule has 0 aliphatic carbocycles. The summed E-state index contributed by atoms with van der Waals surface area (Å²) in [6.45, 7) is 8.53. The molecule has 1 fully saturated rings. The summed E-state index contributed by atoms with van der Waals surface area (Å²) >= 11 is 6.08. The van der Waals surface area contributed by atoms with E-state index in [0.717, 1.165) is 62.8 Å². The molecule has 0 aromatic heterocycles. The topological polar surface area (TPSA) is 90.3 Å². The van der Waals surface area contributed by atoms with Crippen molar-refractivity contribution in [2.45, 2.75) is 25.9 Å². The number of nitrogens with zero attached hydrogens (tertiary/aromatic N) is 2. The Bertz CT molecular complexity index is 1140. The molecule has 202 valence electrons. The van der Waals surface area contributed by atoms with E-state index >= 15 is 0 Å². The first kappa shape index (κ1) is 29.2. The molecule has 3 aromatic rings. The van der Waals surface area contributed by atoms with Gasteiger partial charge >= 0.3 is 11.9 Å². The Morgan fingerprint density at radius 3 is 2.08 bits per heavy atom. The van der Waals surface area contributed by atoms with Gasteiger partial charge < -0.3 is 19.8 Å². The third-order valence-electron chi connectivity index (χ3n) is 6.35. The lowest BCUT2D eigenvalue weighted by molar-refractivity contribution is -0.159. The van der Waals surface area contributed by atoms with Crippen molar-refractivity contribution >= 4 is 29.2 Å². The van der Waals surface area contributed by atoms with Crippen molar-refractivity contribution in [3.05, 3.63) is 101 Å². The molecule has 7 nitrogen and oxygen atoms in total. The first-order valence-electron chi connectivity index (χ1n) is 12.8. The minimum atomic E-state index is -1.82. The minimum Gasteiger partial charge on any atom is -0.473 e. The monoisotopic (exact) mass is 538 g/mol. The number of hydrogen-bond acceptors (Lipinski definition) is 5. The zero-order valence-corrected chi connectivity index (χ0v) is 22.4. The first-order valence-corrected chi connectivity index (χ1v) is 13.1. The van der Waals surface area contributed by atoms with E-state index in [-0.39, 0.29) is 6.10 Å². The molecule has 1 aliphatic heterocycles. The Hall–Kier alpha value is -3.39. The van der Waals surface area contributed by atoms with Crippen LogP contribution in [0.1, 0.15) is 35.6 Å². The maximum atomic E-state index is 9.10. The van der Waals surface area contributed by atoms with Gasteiger partial charge in [-0.05, 0) is 67.3 Å². The average molecular weight is 539 g/mol. The van der Waals surface area contributed by atoms with Gasteiger partial charge in [0, 0.05) is 43.5 Å². The lowest BCUT2D eigenvalue weighted by Crippen LogP contribution is -2.46. The highest BCUT2D eigenvalue weighted by atomic mass is 35.5. The van der Waals surface area contributed by atoms with Gasteiger partial charge in [0.15, 0.2) is 0 Å². The third kappa shape index (κ3) is 9.49. The van der Waals surface area contributed by atoms with Crippen LogP contribution < -0.4 is 4.90 Å². The molecule has 1 unspecified atom stereocenters. The van der Waals surface area contributed by atoms with E-state index in [1.807, 2.05) is 18.2 Å². The summed E-state index contributed by atoms with van der Waals surface area (Å²) in [6, 6.07) is 27.3. The van der Waals surface area contributed by atoms with Crippen LogP contribution in [0.2, 0.25) is 5.02 Å². The van der Waals surface area contributed by atoms with Crippen molar-refractivity contribution in [2.24, 2.45) is 0 Å². The van der Waals surface area contributed by atoms with E-state index in [2.05, 4.69) is 77.4 Å². The van der Waals surface area contributed by atoms with Crippen molar-refractivity contribution in [2.75, 3.05) is 44.2 Å². The lowest BCUT2D eigenvalue weighted by atomic mass is 10.0. The molecule has 0 spiro atoms. The highest BCUT2D eigenvalue weighted by molar-refractivity contribution is 6.30. The maximum absolute atomic E-state index is 9.10. The van der Waals surface area contributed by atoms with Gasteiger partial charge in [0.2, 0.25) is 0 Å². The normalized spacial score (nSPS) is 14.3. The average Bonchev–Trinajstić information content (AvgIpc) is 2.92. The largest absolute Gasteiger partial charge is 0.473 e. The van der Waals surface area contributed by atoms with E-state index in [4.69, 9.17) is 36.1 Å². The summed E-state index contributed by atoms with van der Waals surface area (Å²) in [4.78, 5) is 23.3. The molecule has 3 aromatic carbocycles. The Balaban J connectivity index is 0.000000599. The Labute approximate surface area is 229 Å². The molecular formula is C30H35ClN2O5. The molecule has 4 rings (SSSR count). The zero-order valence-electron chi connectivity index (χ0n) is 21.6. The number of benzene rings is 3. The minimum absolute atomic E-state index is 0.0497. The Kier molecular flexibility index (Phi) is 11.6. The summed E-state index contributed by atoms with van der Waals surface area (Å²) in [7, 11) is 0. The fourth-order valence-electron chi connectivity index (χ4n) is 4.34. The molecule has 0 amide bonds. The highest BCUT2D eigenvalue weighted by Gasteiger charge is 2.18. The van der Waals surface area contributed by atoms with Crippen LogP contribution >= 0.6 is 11.6 Å². The molecule has 8 heteroatoms. The Morgan fingerprint density at radius 2 is 1.47 bits per heavy atom. The standard InChI is InChI=1S/C28H33ClN2O.C2H2O4/c1-23-8-7-11-27(22-23)31-19-17-30(18-20-31)16-5-6-21-32-28(24-9-3-2-4-10-24)25-12-14-26(29)15-13-25;3-1(4)2(5)6/h2-4,7-15,22,28H,5-6,16-21H2,1H3;(H,3,4)(H,5,6). The van der Waals surface area contributed by atoms with Gasteiger partial charge in [0.25, 0.3) is 0 Å². The van der Waals surface area contributed by atoms with Crippen LogP contribution in [-0.2, 0) is 14.3 Å². The van der Waals surface area contributed by atoms with Crippen LogP contribution in [0, 0.1) is 6.92 Å². The third-order valence-corrected chi connectivity index (χ3v) is 6.60. The van der Waals surface area contributed by atoms with E-state index in [1.165, 1.54) is 16.8 Å². The summed E-state index contributed by atoms with van der Waals surface area (Å²) in [6.07, 6.45) is 2.17. The fraction of sp³-hybridized carbons (Fsp3) is 0.333. The van der Waals surface area contributed by atoms with E-state index < -0.39 is 11.9 Å². The van der Waals surface area contributed by atoms with E-state index in [9.17, 15) is 0 Å². The molecule has 0 bridgehead atoms. The molecule has 1 aliphatic rings. The maximum Gasteiger partial charge on any atom is 0.414 e. The van der Waals surface area contributed by atoms with Crippen LogP contribution in [-0.4, -0.2) is 66.4 Å². The number of aryl methyl sites for hydroxylation is 1.